The minimum atomic E-state index is -0.122. The van der Waals surface area contributed by atoms with Crippen LogP contribution in [0.25, 0.3) is 71.4 Å². The highest BCUT2D eigenvalue weighted by molar-refractivity contribution is 6.12. The molecule has 0 spiro atoms. The number of fused-ring (bicyclic) bond motifs is 7. The van der Waals surface area contributed by atoms with Gasteiger partial charge in [-0.05, 0) is 94.5 Å². The lowest BCUT2D eigenvalue weighted by Gasteiger charge is -2.24. The highest BCUT2D eigenvalue weighted by Crippen LogP contribution is 2.54. The van der Waals surface area contributed by atoms with Crippen LogP contribution in [0.5, 0.6) is 0 Å². The summed E-state index contributed by atoms with van der Waals surface area (Å²) in [4.78, 5) is 5.10. The summed E-state index contributed by atoms with van der Waals surface area (Å²) in [6, 6.07) is 66.8. The zero-order chi connectivity index (χ0) is 38.5. The van der Waals surface area contributed by atoms with Crippen molar-refractivity contribution < 1.29 is 0 Å². The Balaban J connectivity index is 1.01. The molecule has 10 rings (SSSR count). The lowest BCUT2D eigenvalue weighted by molar-refractivity contribution is 0.662. The molecular formula is C55H40N2. The van der Waals surface area contributed by atoms with Gasteiger partial charge in [0.05, 0.1) is 11.4 Å². The Morgan fingerprint density at radius 1 is 0.491 bits per heavy atom. The Labute approximate surface area is 333 Å². The molecule has 0 atom stereocenters. The van der Waals surface area contributed by atoms with Gasteiger partial charge >= 0.3 is 0 Å². The van der Waals surface area contributed by atoms with Crippen LogP contribution in [0.1, 0.15) is 41.7 Å². The van der Waals surface area contributed by atoms with Crippen molar-refractivity contribution in [1.82, 2.24) is 0 Å². The molecule has 1 aliphatic rings. The van der Waals surface area contributed by atoms with Crippen molar-refractivity contribution in [3.8, 4) is 33.4 Å². The molecule has 1 N–H and O–H groups in total. The first-order chi connectivity index (χ1) is 27.9. The van der Waals surface area contributed by atoms with Gasteiger partial charge in [0.25, 0.3) is 0 Å². The molecule has 9 aromatic rings. The van der Waals surface area contributed by atoms with Crippen LogP contribution in [-0.4, -0.2) is 11.9 Å². The maximum Gasteiger partial charge on any atom is 0.0723 e. The lowest BCUT2D eigenvalue weighted by atomic mass is 9.78. The van der Waals surface area contributed by atoms with Gasteiger partial charge in [-0.25, -0.2) is 0 Å². The second-order valence-corrected chi connectivity index (χ2v) is 15.5. The molecule has 9 aromatic carbocycles. The Kier molecular flexibility index (Phi) is 8.34. The summed E-state index contributed by atoms with van der Waals surface area (Å²) in [5.74, 6) is 0. The molecule has 0 unspecified atom stereocenters. The van der Waals surface area contributed by atoms with Gasteiger partial charge in [-0.1, -0.05) is 196 Å². The molecule has 0 radical (unpaired) electrons. The number of aliphatic imine (C=N–C) groups is 1. The molecule has 2 heteroatoms. The largest absolute Gasteiger partial charge is 0.300 e. The molecule has 57 heavy (non-hydrogen) atoms. The van der Waals surface area contributed by atoms with Gasteiger partial charge in [0.1, 0.15) is 0 Å². The van der Waals surface area contributed by atoms with Gasteiger partial charge in [-0.3, -0.25) is 4.99 Å². The van der Waals surface area contributed by atoms with Gasteiger partial charge in [-0.15, -0.1) is 0 Å². The number of rotatable bonds is 7. The van der Waals surface area contributed by atoms with E-state index >= 15 is 0 Å². The molecule has 2 nitrogen and oxygen atoms in total. The van der Waals surface area contributed by atoms with E-state index in [2.05, 4.69) is 172 Å². The number of hydrogen-bond acceptors (Lipinski definition) is 2. The highest BCUT2D eigenvalue weighted by Gasteiger charge is 2.38. The van der Waals surface area contributed by atoms with Crippen molar-refractivity contribution in [2.75, 3.05) is 0 Å². The summed E-state index contributed by atoms with van der Waals surface area (Å²) < 4.78 is 0. The molecule has 0 bridgehead atoms. The fraction of sp³-hybridized carbons (Fsp3) is 0.0545. The monoisotopic (exact) mass is 728 g/mol. The fourth-order valence-corrected chi connectivity index (χ4v) is 8.93. The Hall–Kier alpha value is -7.16. The zero-order valence-corrected chi connectivity index (χ0v) is 32.0. The predicted molar refractivity (Wildman–Crippen MR) is 243 cm³/mol. The molecule has 0 aromatic heterocycles. The third-order valence-corrected chi connectivity index (χ3v) is 11.8. The van der Waals surface area contributed by atoms with Crippen molar-refractivity contribution in [3.63, 3.8) is 0 Å². The second kappa shape index (κ2) is 13.8. The van der Waals surface area contributed by atoms with Crippen LogP contribution < -0.4 is 0 Å². The molecule has 0 heterocycles. The van der Waals surface area contributed by atoms with E-state index in [4.69, 9.17) is 10.4 Å². The molecule has 0 saturated carbocycles. The number of nitrogens with zero attached hydrogens (tertiary/aromatic N) is 1. The maximum absolute atomic E-state index is 8.94. The first kappa shape index (κ1) is 34.3. The smallest absolute Gasteiger partial charge is 0.0723 e. The summed E-state index contributed by atoms with van der Waals surface area (Å²) >= 11 is 0. The van der Waals surface area contributed by atoms with Crippen molar-refractivity contribution in [2.24, 2.45) is 4.99 Å². The van der Waals surface area contributed by atoms with E-state index in [-0.39, 0.29) is 5.41 Å². The van der Waals surface area contributed by atoms with Gasteiger partial charge in [-0.2, -0.15) is 0 Å². The summed E-state index contributed by atoms with van der Waals surface area (Å²) in [5, 5.41) is 16.2. The SMILES string of the molecule is CC1(C)c2ccc3ccccc3c2-c2cccc(-c3ccc(-c4ccc(C=N/C(=C\C(=N)c5ccccc5)c5ccc6ccccc6c5)c5ccccc45)cc3)c21. The van der Waals surface area contributed by atoms with E-state index in [0.717, 1.165) is 33.2 Å². The van der Waals surface area contributed by atoms with Crippen molar-refractivity contribution in [3.05, 3.63) is 222 Å². The average Bonchev–Trinajstić information content (AvgIpc) is 3.51. The summed E-state index contributed by atoms with van der Waals surface area (Å²) in [7, 11) is 0. The van der Waals surface area contributed by atoms with Gasteiger partial charge in [0, 0.05) is 22.8 Å². The summed E-state index contributed by atoms with van der Waals surface area (Å²) in [6.07, 6.45) is 3.83. The normalized spacial score (nSPS) is 13.3. The standard InChI is InChI=1S/C55H40N2/c1-55(2)50-32-30-37-14-8-9-19-46(37)53(50)49-22-12-21-47(54(49)55)39-26-24-38(25-27-39)45-31-29-43(44-18-10-11-20-48(44)45)35-57-52(34-51(56)40-15-4-3-5-16-40)42-28-23-36-13-6-7-17-41(36)33-42/h3-35,56H,1-2H3/b52-34-,56-51?,57-35?. The highest BCUT2D eigenvalue weighted by atomic mass is 14.7. The van der Waals surface area contributed by atoms with E-state index < -0.39 is 0 Å². The van der Waals surface area contributed by atoms with Crippen molar-refractivity contribution in [2.45, 2.75) is 19.3 Å². The number of hydrogen-bond donors (Lipinski definition) is 1. The third-order valence-electron chi connectivity index (χ3n) is 11.8. The van der Waals surface area contributed by atoms with E-state index in [1.54, 1.807) is 0 Å². The van der Waals surface area contributed by atoms with Crippen LogP contribution >= 0.6 is 0 Å². The van der Waals surface area contributed by atoms with Crippen LogP contribution in [0.4, 0.5) is 0 Å². The molecule has 270 valence electrons. The van der Waals surface area contributed by atoms with Crippen LogP contribution in [-0.2, 0) is 5.41 Å². The number of allylic oxidation sites excluding steroid dienone is 1. The molecule has 0 amide bonds. The minimum Gasteiger partial charge on any atom is -0.300 e. The Morgan fingerprint density at radius 3 is 1.91 bits per heavy atom. The molecular weight excluding hydrogens is 689 g/mol. The third kappa shape index (κ3) is 5.98. The molecule has 0 aliphatic heterocycles. The van der Waals surface area contributed by atoms with Crippen LogP contribution in [0.2, 0.25) is 0 Å². The second-order valence-electron chi connectivity index (χ2n) is 15.5. The quantitative estimate of drug-likeness (QED) is 0.159. The summed E-state index contributed by atoms with van der Waals surface area (Å²) in [6.45, 7) is 4.74. The molecule has 0 saturated heterocycles. The Morgan fingerprint density at radius 2 is 1.12 bits per heavy atom. The van der Waals surface area contributed by atoms with Gasteiger partial charge in [0.15, 0.2) is 0 Å². The van der Waals surface area contributed by atoms with Crippen molar-refractivity contribution in [1.29, 1.82) is 5.41 Å². The van der Waals surface area contributed by atoms with E-state index in [1.165, 1.54) is 66.1 Å². The lowest BCUT2D eigenvalue weighted by Crippen LogP contribution is -2.16. The molecule has 0 fully saturated rings. The zero-order valence-electron chi connectivity index (χ0n) is 32.0. The number of nitrogens with one attached hydrogen (secondary N) is 1. The van der Waals surface area contributed by atoms with Crippen LogP contribution in [0.3, 0.4) is 0 Å². The van der Waals surface area contributed by atoms with E-state index in [0.29, 0.717) is 5.71 Å². The Bertz CT molecular complexity index is 3090. The maximum atomic E-state index is 8.94. The topological polar surface area (TPSA) is 36.2 Å². The first-order valence-corrected chi connectivity index (χ1v) is 19.6. The predicted octanol–water partition coefficient (Wildman–Crippen LogP) is 14.3. The van der Waals surface area contributed by atoms with Crippen LogP contribution in [0.15, 0.2) is 199 Å². The average molecular weight is 729 g/mol. The van der Waals surface area contributed by atoms with Crippen LogP contribution in [0, 0.1) is 5.41 Å². The van der Waals surface area contributed by atoms with Gasteiger partial charge < -0.3 is 5.41 Å². The van der Waals surface area contributed by atoms with Crippen molar-refractivity contribution >= 4 is 49.9 Å². The fourth-order valence-electron chi connectivity index (χ4n) is 8.93. The van der Waals surface area contributed by atoms with Gasteiger partial charge in [0.2, 0.25) is 0 Å². The number of benzene rings is 9. The minimum absolute atomic E-state index is 0.122. The van der Waals surface area contributed by atoms with E-state index in [9.17, 15) is 0 Å². The van der Waals surface area contributed by atoms with E-state index in [1.807, 2.05) is 42.6 Å². The first-order valence-electron chi connectivity index (χ1n) is 19.6. The molecule has 1 aliphatic carbocycles. The summed E-state index contributed by atoms with van der Waals surface area (Å²) in [5.41, 5.74) is 14.3.